The van der Waals surface area contributed by atoms with Crippen LogP contribution >= 0.6 is 0 Å². The van der Waals surface area contributed by atoms with E-state index in [2.05, 4.69) is 4.98 Å². The quantitative estimate of drug-likeness (QED) is 0.743. The van der Waals surface area contributed by atoms with Gasteiger partial charge in [0.25, 0.3) is 0 Å². The van der Waals surface area contributed by atoms with Crippen LogP contribution in [0.4, 0.5) is 0 Å². The molecule has 2 atom stereocenters. The minimum absolute atomic E-state index is 0.158. The minimum atomic E-state index is -0.695. The van der Waals surface area contributed by atoms with E-state index in [1.807, 2.05) is 19.1 Å². The van der Waals surface area contributed by atoms with Crippen molar-refractivity contribution >= 4 is 5.97 Å². The van der Waals surface area contributed by atoms with E-state index in [4.69, 9.17) is 5.11 Å². The molecule has 1 N–H and O–H groups in total. The molecule has 0 spiro atoms. The first-order valence-corrected chi connectivity index (χ1v) is 4.28. The summed E-state index contributed by atoms with van der Waals surface area (Å²) in [5.41, 5.74) is 0.921. The summed E-state index contributed by atoms with van der Waals surface area (Å²) < 4.78 is 0. The van der Waals surface area contributed by atoms with E-state index in [1.54, 1.807) is 12.4 Å². The maximum atomic E-state index is 10.7. The van der Waals surface area contributed by atoms with Crippen LogP contribution in [0.5, 0.6) is 0 Å². The van der Waals surface area contributed by atoms with Gasteiger partial charge in [0.2, 0.25) is 0 Å². The van der Waals surface area contributed by atoms with Gasteiger partial charge < -0.3 is 5.11 Å². The van der Waals surface area contributed by atoms with Crippen molar-refractivity contribution in [3.8, 4) is 0 Å². The lowest BCUT2D eigenvalue weighted by atomic mass is 9.97. The van der Waals surface area contributed by atoms with Crippen molar-refractivity contribution in [1.29, 1.82) is 0 Å². The van der Waals surface area contributed by atoms with E-state index < -0.39 is 5.97 Å². The Hall–Kier alpha value is -1.38. The van der Waals surface area contributed by atoms with Crippen LogP contribution in [0.25, 0.3) is 0 Å². The zero-order chi connectivity index (χ0) is 9.47. The average molecular weight is 177 g/mol. The van der Waals surface area contributed by atoms with Gasteiger partial charge in [-0.3, -0.25) is 9.78 Å². The molecule has 1 aromatic heterocycles. The van der Waals surface area contributed by atoms with Gasteiger partial charge in [-0.05, 0) is 24.1 Å². The summed E-state index contributed by atoms with van der Waals surface area (Å²) in [5, 5.41) is 8.83. The molecule has 0 radical (unpaired) electrons. The molecule has 0 aromatic carbocycles. The van der Waals surface area contributed by atoms with Crippen LogP contribution in [0.1, 0.15) is 18.9 Å². The molecule has 1 saturated carbocycles. The minimum Gasteiger partial charge on any atom is -0.481 e. The summed E-state index contributed by atoms with van der Waals surface area (Å²) in [6.07, 6.45) is 4.15. The lowest BCUT2D eigenvalue weighted by molar-refractivity contribution is -0.138. The standard InChI is InChI=1S/C10H11NO2/c1-10(6-8(10)9(12)13)7-2-4-11-5-3-7/h2-5,8H,6H2,1H3,(H,12,13). The summed E-state index contributed by atoms with van der Waals surface area (Å²) in [6, 6.07) is 3.78. The number of nitrogens with zero attached hydrogens (tertiary/aromatic N) is 1. The fraction of sp³-hybridized carbons (Fsp3) is 0.400. The Morgan fingerprint density at radius 1 is 1.62 bits per heavy atom. The molecule has 1 aromatic rings. The number of carbonyl (C=O) groups is 1. The first-order valence-electron chi connectivity index (χ1n) is 4.28. The van der Waals surface area contributed by atoms with Crippen LogP contribution in [0, 0.1) is 5.92 Å². The van der Waals surface area contributed by atoms with E-state index in [9.17, 15) is 4.79 Å². The predicted molar refractivity (Wildman–Crippen MR) is 47.3 cm³/mol. The second-order valence-electron chi connectivity index (χ2n) is 3.75. The van der Waals surface area contributed by atoms with Crippen LogP contribution in [-0.2, 0) is 10.2 Å². The second-order valence-corrected chi connectivity index (χ2v) is 3.75. The Bertz CT molecular complexity index is 336. The Morgan fingerprint density at radius 3 is 2.69 bits per heavy atom. The van der Waals surface area contributed by atoms with Gasteiger partial charge in [0.1, 0.15) is 0 Å². The van der Waals surface area contributed by atoms with E-state index in [0.717, 1.165) is 12.0 Å². The zero-order valence-electron chi connectivity index (χ0n) is 7.40. The lowest BCUT2D eigenvalue weighted by Gasteiger charge is -2.08. The molecule has 0 aliphatic heterocycles. The monoisotopic (exact) mass is 177 g/mol. The SMILES string of the molecule is CC1(c2ccncc2)CC1C(=O)O. The van der Waals surface area contributed by atoms with Crippen LogP contribution in [-0.4, -0.2) is 16.1 Å². The maximum absolute atomic E-state index is 10.7. The molecule has 68 valence electrons. The van der Waals surface area contributed by atoms with Crippen molar-refractivity contribution in [2.75, 3.05) is 0 Å². The molecule has 2 unspecified atom stereocenters. The molecule has 13 heavy (non-hydrogen) atoms. The highest BCUT2D eigenvalue weighted by atomic mass is 16.4. The zero-order valence-corrected chi connectivity index (χ0v) is 7.40. The number of aromatic nitrogens is 1. The Kier molecular flexibility index (Phi) is 1.62. The lowest BCUT2D eigenvalue weighted by Crippen LogP contribution is -2.10. The number of carboxylic acids is 1. The van der Waals surface area contributed by atoms with Crippen molar-refractivity contribution in [3.05, 3.63) is 30.1 Å². The average Bonchev–Trinajstić information content (AvgIpc) is 2.82. The summed E-state index contributed by atoms with van der Waals surface area (Å²) in [6.45, 7) is 1.99. The van der Waals surface area contributed by atoms with Gasteiger partial charge in [0.15, 0.2) is 0 Å². The summed E-state index contributed by atoms with van der Waals surface area (Å²) in [5.74, 6) is -0.908. The molecule has 0 saturated heterocycles. The van der Waals surface area contributed by atoms with Crippen LogP contribution in [0.3, 0.4) is 0 Å². The van der Waals surface area contributed by atoms with Crippen molar-refractivity contribution in [3.63, 3.8) is 0 Å². The third kappa shape index (κ3) is 1.20. The number of rotatable bonds is 2. The highest BCUT2D eigenvalue weighted by Gasteiger charge is 2.55. The Balaban J connectivity index is 2.25. The molecular weight excluding hydrogens is 166 g/mol. The molecule has 1 heterocycles. The van der Waals surface area contributed by atoms with Crippen LogP contribution < -0.4 is 0 Å². The van der Waals surface area contributed by atoms with Gasteiger partial charge in [-0.25, -0.2) is 0 Å². The molecule has 3 heteroatoms. The normalized spacial score (nSPS) is 31.3. The summed E-state index contributed by atoms with van der Waals surface area (Å²) in [4.78, 5) is 14.6. The number of pyridine rings is 1. The second kappa shape index (κ2) is 2.55. The molecule has 2 rings (SSSR count). The first-order chi connectivity index (χ1) is 6.14. The largest absolute Gasteiger partial charge is 0.481 e. The van der Waals surface area contributed by atoms with Gasteiger partial charge in [0, 0.05) is 17.8 Å². The molecule has 0 bridgehead atoms. The van der Waals surface area contributed by atoms with Gasteiger partial charge >= 0.3 is 5.97 Å². The Labute approximate surface area is 76.4 Å². The van der Waals surface area contributed by atoms with Crippen LogP contribution in [0.2, 0.25) is 0 Å². The number of carboxylic acid groups (broad SMARTS) is 1. The van der Waals surface area contributed by atoms with Gasteiger partial charge in [-0.2, -0.15) is 0 Å². The number of aliphatic carboxylic acids is 1. The van der Waals surface area contributed by atoms with E-state index >= 15 is 0 Å². The van der Waals surface area contributed by atoms with Crippen molar-refractivity contribution in [2.45, 2.75) is 18.8 Å². The highest BCUT2D eigenvalue weighted by molar-refractivity contribution is 5.76. The first kappa shape index (κ1) is 8.23. The summed E-state index contributed by atoms with van der Waals surface area (Å²) in [7, 11) is 0. The van der Waals surface area contributed by atoms with E-state index in [1.165, 1.54) is 0 Å². The summed E-state index contributed by atoms with van der Waals surface area (Å²) >= 11 is 0. The van der Waals surface area contributed by atoms with Crippen molar-refractivity contribution < 1.29 is 9.90 Å². The molecule has 0 amide bonds. The van der Waals surface area contributed by atoms with Gasteiger partial charge in [0.05, 0.1) is 5.92 Å². The fourth-order valence-electron chi connectivity index (χ4n) is 1.78. The smallest absolute Gasteiger partial charge is 0.307 e. The number of hydrogen-bond acceptors (Lipinski definition) is 2. The molecular formula is C10H11NO2. The van der Waals surface area contributed by atoms with Crippen LogP contribution in [0.15, 0.2) is 24.5 Å². The van der Waals surface area contributed by atoms with Crippen molar-refractivity contribution in [2.24, 2.45) is 5.92 Å². The Morgan fingerprint density at radius 2 is 2.23 bits per heavy atom. The predicted octanol–water partition coefficient (Wildman–Crippen LogP) is 1.44. The van der Waals surface area contributed by atoms with Gasteiger partial charge in [-0.15, -0.1) is 0 Å². The van der Waals surface area contributed by atoms with E-state index in [0.29, 0.717) is 0 Å². The molecule has 1 aliphatic carbocycles. The maximum Gasteiger partial charge on any atom is 0.307 e. The highest BCUT2D eigenvalue weighted by Crippen LogP contribution is 2.53. The van der Waals surface area contributed by atoms with Crippen molar-refractivity contribution in [1.82, 2.24) is 4.98 Å². The number of hydrogen-bond donors (Lipinski definition) is 1. The molecule has 1 fully saturated rings. The van der Waals surface area contributed by atoms with E-state index in [-0.39, 0.29) is 11.3 Å². The van der Waals surface area contributed by atoms with Gasteiger partial charge in [-0.1, -0.05) is 6.92 Å². The molecule has 1 aliphatic rings. The third-order valence-corrected chi connectivity index (χ3v) is 2.88. The third-order valence-electron chi connectivity index (χ3n) is 2.88. The topological polar surface area (TPSA) is 50.2 Å². The molecule has 3 nitrogen and oxygen atoms in total. The fourth-order valence-corrected chi connectivity index (χ4v) is 1.78.